The van der Waals surface area contributed by atoms with Gasteiger partial charge in [-0.2, -0.15) is 0 Å². The molecule has 1 atom stereocenters. The fraction of sp³-hybridized carbons (Fsp3) is 0.933. The smallest absolute Gasteiger partial charge is 0.313 e. The van der Waals surface area contributed by atoms with Gasteiger partial charge >= 0.3 is 5.97 Å². The van der Waals surface area contributed by atoms with Crippen LogP contribution in [0, 0.1) is 11.3 Å². The SMILES string of the molecule is CCC1(C(=O)OC2CCC(C)CC2)CCCNC1. The number of hydrogen-bond acceptors (Lipinski definition) is 3. The molecule has 2 rings (SSSR count). The van der Waals surface area contributed by atoms with Crippen molar-refractivity contribution in [2.75, 3.05) is 13.1 Å². The van der Waals surface area contributed by atoms with E-state index in [-0.39, 0.29) is 17.5 Å². The first-order chi connectivity index (χ1) is 8.66. The molecule has 0 aromatic heterocycles. The fourth-order valence-electron chi connectivity index (χ4n) is 3.21. The normalized spacial score (nSPS) is 37.2. The zero-order chi connectivity index (χ0) is 13.0. The Kier molecular flexibility index (Phi) is 4.66. The molecule has 1 aliphatic heterocycles. The Bertz CT molecular complexity index is 276. The van der Waals surface area contributed by atoms with Crippen LogP contribution < -0.4 is 5.32 Å². The number of esters is 1. The summed E-state index contributed by atoms with van der Waals surface area (Å²) in [6, 6.07) is 0. The predicted molar refractivity (Wildman–Crippen MR) is 72.3 cm³/mol. The Morgan fingerprint density at radius 2 is 2.06 bits per heavy atom. The first-order valence-electron chi connectivity index (χ1n) is 7.58. The van der Waals surface area contributed by atoms with Crippen molar-refractivity contribution in [3.8, 4) is 0 Å². The highest BCUT2D eigenvalue weighted by Crippen LogP contribution is 2.34. The third kappa shape index (κ3) is 3.05. The van der Waals surface area contributed by atoms with Crippen LogP contribution >= 0.6 is 0 Å². The summed E-state index contributed by atoms with van der Waals surface area (Å²) >= 11 is 0. The number of nitrogens with one attached hydrogen (secondary N) is 1. The molecule has 3 heteroatoms. The van der Waals surface area contributed by atoms with E-state index < -0.39 is 0 Å². The van der Waals surface area contributed by atoms with Crippen molar-refractivity contribution in [1.82, 2.24) is 5.32 Å². The molecule has 0 bridgehead atoms. The van der Waals surface area contributed by atoms with E-state index >= 15 is 0 Å². The van der Waals surface area contributed by atoms with Crippen LogP contribution in [0.5, 0.6) is 0 Å². The van der Waals surface area contributed by atoms with Crippen molar-refractivity contribution in [3.63, 3.8) is 0 Å². The molecule has 0 aromatic rings. The van der Waals surface area contributed by atoms with Crippen molar-refractivity contribution in [2.24, 2.45) is 11.3 Å². The largest absolute Gasteiger partial charge is 0.462 e. The van der Waals surface area contributed by atoms with E-state index in [0.29, 0.717) is 0 Å². The summed E-state index contributed by atoms with van der Waals surface area (Å²) in [4.78, 5) is 12.4. The molecule has 18 heavy (non-hydrogen) atoms. The zero-order valence-electron chi connectivity index (χ0n) is 11.8. The summed E-state index contributed by atoms with van der Waals surface area (Å²) in [5.74, 6) is 0.855. The number of carbonyl (C=O) groups excluding carboxylic acids is 1. The van der Waals surface area contributed by atoms with Crippen molar-refractivity contribution < 1.29 is 9.53 Å². The standard InChI is InChI=1S/C15H27NO2/c1-3-15(9-4-10-16-11-15)14(17)18-13-7-5-12(2)6-8-13/h12-13,16H,3-11H2,1-2H3. The molecule has 104 valence electrons. The van der Waals surface area contributed by atoms with Crippen molar-refractivity contribution in [2.45, 2.75) is 64.9 Å². The number of hydrogen-bond donors (Lipinski definition) is 1. The Morgan fingerprint density at radius 3 is 2.61 bits per heavy atom. The molecule has 1 unspecified atom stereocenters. The van der Waals surface area contributed by atoms with Gasteiger partial charge < -0.3 is 10.1 Å². The quantitative estimate of drug-likeness (QED) is 0.786. The molecular formula is C15H27NO2. The molecule has 0 aromatic carbocycles. The van der Waals surface area contributed by atoms with E-state index in [0.717, 1.165) is 51.1 Å². The maximum absolute atomic E-state index is 12.4. The van der Waals surface area contributed by atoms with Gasteiger partial charge in [-0.1, -0.05) is 13.8 Å². The first-order valence-corrected chi connectivity index (χ1v) is 7.58. The molecule has 1 saturated heterocycles. The fourth-order valence-corrected chi connectivity index (χ4v) is 3.21. The lowest BCUT2D eigenvalue weighted by atomic mass is 9.78. The summed E-state index contributed by atoms with van der Waals surface area (Å²) in [6.07, 6.45) is 7.66. The summed E-state index contributed by atoms with van der Waals surface area (Å²) in [7, 11) is 0. The van der Waals surface area contributed by atoms with Crippen LogP contribution in [0.15, 0.2) is 0 Å². The van der Waals surface area contributed by atoms with Crippen LogP contribution in [-0.4, -0.2) is 25.2 Å². The molecule has 1 heterocycles. The summed E-state index contributed by atoms with van der Waals surface area (Å²) < 4.78 is 5.79. The third-order valence-corrected chi connectivity index (χ3v) is 4.82. The van der Waals surface area contributed by atoms with Gasteiger partial charge in [-0.05, 0) is 57.4 Å². The van der Waals surface area contributed by atoms with Gasteiger partial charge in [-0.3, -0.25) is 4.79 Å². The molecule has 3 nitrogen and oxygen atoms in total. The van der Waals surface area contributed by atoms with E-state index in [1.807, 2.05) is 0 Å². The highest BCUT2D eigenvalue weighted by molar-refractivity contribution is 5.77. The van der Waals surface area contributed by atoms with E-state index in [9.17, 15) is 4.79 Å². The van der Waals surface area contributed by atoms with Crippen molar-refractivity contribution in [3.05, 3.63) is 0 Å². The van der Waals surface area contributed by atoms with Crippen LogP contribution in [0.1, 0.15) is 58.8 Å². The van der Waals surface area contributed by atoms with Gasteiger partial charge in [0.15, 0.2) is 0 Å². The minimum atomic E-state index is -0.249. The highest BCUT2D eigenvalue weighted by Gasteiger charge is 2.40. The lowest BCUT2D eigenvalue weighted by Crippen LogP contribution is -2.47. The van der Waals surface area contributed by atoms with Gasteiger partial charge in [0, 0.05) is 6.54 Å². The minimum Gasteiger partial charge on any atom is -0.462 e. The number of piperidine rings is 1. The second-order valence-electron chi connectivity index (χ2n) is 6.20. The monoisotopic (exact) mass is 253 g/mol. The van der Waals surface area contributed by atoms with Crippen LogP contribution in [0.2, 0.25) is 0 Å². The van der Waals surface area contributed by atoms with E-state index in [1.54, 1.807) is 0 Å². The van der Waals surface area contributed by atoms with Crippen LogP contribution in [-0.2, 0) is 9.53 Å². The molecule has 1 aliphatic carbocycles. The van der Waals surface area contributed by atoms with Crippen molar-refractivity contribution >= 4 is 5.97 Å². The van der Waals surface area contributed by atoms with Gasteiger partial charge in [0.05, 0.1) is 5.41 Å². The van der Waals surface area contributed by atoms with Gasteiger partial charge in [-0.15, -0.1) is 0 Å². The molecule has 1 N–H and O–H groups in total. The topological polar surface area (TPSA) is 38.3 Å². The van der Waals surface area contributed by atoms with Gasteiger partial charge in [-0.25, -0.2) is 0 Å². The average Bonchev–Trinajstić information content (AvgIpc) is 2.42. The van der Waals surface area contributed by atoms with E-state index in [2.05, 4.69) is 19.2 Å². The number of rotatable bonds is 3. The van der Waals surface area contributed by atoms with Crippen molar-refractivity contribution in [1.29, 1.82) is 0 Å². The van der Waals surface area contributed by atoms with Gasteiger partial charge in [0.25, 0.3) is 0 Å². The predicted octanol–water partition coefficient (Wildman–Crippen LogP) is 2.89. The lowest BCUT2D eigenvalue weighted by Gasteiger charge is -2.36. The zero-order valence-corrected chi connectivity index (χ0v) is 11.8. The minimum absolute atomic E-state index is 0.0525. The maximum Gasteiger partial charge on any atom is 0.313 e. The van der Waals surface area contributed by atoms with Gasteiger partial charge in [0.2, 0.25) is 0 Å². The van der Waals surface area contributed by atoms with E-state index in [1.165, 1.54) is 12.8 Å². The summed E-state index contributed by atoms with van der Waals surface area (Å²) in [6.45, 7) is 6.23. The molecule has 0 radical (unpaired) electrons. The van der Waals surface area contributed by atoms with Crippen LogP contribution in [0.25, 0.3) is 0 Å². The second-order valence-corrected chi connectivity index (χ2v) is 6.20. The molecule has 0 amide bonds. The third-order valence-electron chi connectivity index (χ3n) is 4.82. The Labute approximate surface area is 111 Å². The molecule has 0 spiro atoms. The molecule has 2 aliphatic rings. The van der Waals surface area contributed by atoms with E-state index in [4.69, 9.17) is 4.74 Å². The number of ether oxygens (including phenoxy) is 1. The molecular weight excluding hydrogens is 226 g/mol. The number of carbonyl (C=O) groups is 1. The van der Waals surface area contributed by atoms with Crippen LogP contribution in [0.4, 0.5) is 0 Å². The molecule has 2 fully saturated rings. The Hall–Kier alpha value is -0.570. The lowest BCUT2D eigenvalue weighted by molar-refractivity contribution is -0.165. The summed E-state index contributed by atoms with van der Waals surface area (Å²) in [5.41, 5.74) is -0.249. The maximum atomic E-state index is 12.4. The first kappa shape index (κ1) is 13.9. The Balaban J connectivity index is 1.89. The highest BCUT2D eigenvalue weighted by atomic mass is 16.5. The summed E-state index contributed by atoms with van der Waals surface area (Å²) in [5, 5.41) is 3.35. The van der Waals surface area contributed by atoms with Crippen LogP contribution in [0.3, 0.4) is 0 Å². The average molecular weight is 253 g/mol. The second kappa shape index (κ2) is 6.05. The van der Waals surface area contributed by atoms with Gasteiger partial charge in [0.1, 0.15) is 6.10 Å². The molecule has 1 saturated carbocycles. The Morgan fingerprint density at radius 1 is 1.33 bits per heavy atom.